The van der Waals surface area contributed by atoms with Gasteiger partial charge in [0.1, 0.15) is 5.75 Å². The molecule has 1 N–H and O–H groups in total. The van der Waals surface area contributed by atoms with Crippen LogP contribution in [0.2, 0.25) is 0 Å². The number of nitrogens with zero attached hydrogens (tertiary/aromatic N) is 4. The molecule has 2 unspecified atom stereocenters. The molecule has 0 radical (unpaired) electrons. The lowest BCUT2D eigenvalue weighted by atomic mass is 10.00. The summed E-state index contributed by atoms with van der Waals surface area (Å²) in [5, 5.41) is 16.1. The van der Waals surface area contributed by atoms with Crippen LogP contribution in [0, 0.1) is 5.92 Å². The molecule has 0 spiro atoms. The number of tetrazole rings is 1. The molecular weight excluding hydrogens is 422 g/mol. The van der Waals surface area contributed by atoms with Crippen molar-refractivity contribution in [3.8, 4) is 5.75 Å². The van der Waals surface area contributed by atoms with Crippen molar-refractivity contribution in [2.45, 2.75) is 37.2 Å². The van der Waals surface area contributed by atoms with Gasteiger partial charge in [-0.1, -0.05) is 13.0 Å². The fourth-order valence-electron chi connectivity index (χ4n) is 3.58. The Balaban J connectivity index is 1.88. The fraction of sp³-hybridized carbons (Fsp3) is 0.650. The van der Waals surface area contributed by atoms with Crippen molar-refractivity contribution < 1.29 is 13.7 Å². The van der Waals surface area contributed by atoms with Crippen LogP contribution in [0.25, 0.3) is 0 Å². The van der Waals surface area contributed by atoms with E-state index in [9.17, 15) is 4.21 Å². The number of aromatic nitrogens is 4. The van der Waals surface area contributed by atoms with Gasteiger partial charge in [0, 0.05) is 59.1 Å². The summed E-state index contributed by atoms with van der Waals surface area (Å²) in [6.45, 7) is 4.87. The first-order chi connectivity index (χ1) is 14.7. The van der Waals surface area contributed by atoms with Gasteiger partial charge < -0.3 is 14.8 Å². The highest BCUT2D eigenvalue weighted by atomic mass is 32.2. The largest absolute Gasteiger partial charge is 0.496 e. The van der Waals surface area contributed by atoms with Crippen LogP contribution in [-0.2, 0) is 22.1 Å². The number of hydrogen-bond donors (Lipinski definition) is 1. The van der Waals surface area contributed by atoms with Crippen LogP contribution in [0.3, 0.4) is 0 Å². The van der Waals surface area contributed by atoms with Gasteiger partial charge in [-0.15, -0.1) is 16.9 Å². The highest BCUT2D eigenvalue weighted by molar-refractivity contribution is 7.98. The summed E-state index contributed by atoms with van der Waals surface area (Å²) in [5.74, 6) is 3.27. The Bertz CT molecular complexity index is 827. The first kappa shape index (κ1) is 23.2. The lowest BCUT2D eigenvalue weighted by Gasteiger charge is -2.24. The zero-order valence-electron chi connectivity index (χ0n) is 17.9. The molecule has 0 saturated carbocycles. The maximum Gasteiger partial charge on any atom is 0.172 e. The lowest BCUT2D eigenvalue weighted by Crippen LogP contribution is -2.31. The van der Waals surface area contributed by atoms with E-state index in [1.54, 1.807) is 18.9 Å². The van der Waals surface area contributed by atoms with Gasteiger partial charge in [-0.05, 0) is 47.6 Å². The van der Waals surface area contributed by atoms with E-state index in [2.05, 4.69) is 33.0 Å². The van der Waals surface area contributed by atoms with Gasteiger partial charge in [0.15, 0.2) is 5.82 Å². The van der Waals surface area contributed by atoms with Gasteiger partial charge in [-0.2, -0.15) is 0 Å². The van der Waals surface area contributed by atoms with Gasteiger partial charge >= 0.3 is 0 Å². The second kappa shape index (κ2) is 11.8. The zero-order chi connectivity index (χ0) is 21.3. The highest BCUT2D eigenvalue weighted by Gasteiger charge is 2.26. The van der Waals surface area contributed by atoms with Crippen LogP contribution >= 0.6 is 11.8 Å². The molecule has 8 nitrogen and oxygen atoms in total. The first-order valence-electron chi connectivity index (χ1n) is 10.3. The van der Waals surface area contributed by atoms with Crippen LogP contribution in [0.4, 0.5) is 0 Å². The average molecular weight is 454 g/mol. The number of thioether (sulfide) groups is 1. The van der Waals surface area contributed by atoms with Crippen LogP contribution in [0.1, 0.15) is 37.2 Å². The minimum Gasteiger partial charge on any atom is -0.496 e. The monoisotopic (exact) mass is 453 g/mol. The number of rotatable bonds is 11. The molecule has 0 aliphatic carbocycles. The van der Waals surface area contributed by atoms with E-state index < -0.39 is 10.8 Å². The molecule has 166 valence electrons. The third-order valence-electron chi connectivity index (χ3n) is 5.34. The molecule has 1 aliphatic rings. The smallest absolute Gasteiger partial charge is 0.172 e. The minimum atomic E-state index is -0.839. The molecule has 2 atom stereocenters. The Kier molecular flexibility index (Phi) is 9.10. The summed E-state index contributed by atoms with van der Waals surface area (Å²) in [6, 6.07) is 5.92. The number of methoxy groups -OCH3 is 1. The molecule has 1 aromatic carbocycles. The molecule has 1 fully saturated rings. The highest BCUT2D eigenvalue weighted by Crippen LogP contribution is 2.32. The summed E-state index contributed by atoms with van der Waals surface area (Å²) in [7, 11) is 0.838. The van der Waals surface area contributed by atoms with Crippen molar-refractivity contribution in [3.63, 3.8) is 0 Å². The Hall–Kier alpha value is -1.49. The van der Waals surface area contributed by atoms with Crippen molar-refractivity contribution in [1.82, 2.24) is 25.5 Å². The predicted octanol–water partition coefficient (Wildman–Crippen LogP) is 2.28. The molecule has 1 aliphatic heterocycles. The summed E-state index contributed by atoms with van der Waals surface area (Å²) < 4.78 is 25.0. The molecular formula is C20H31N5O3S2. The number of nitrogens with one attached hydrogen (secondary N) is 1. The third kappa shape index (κ3) is 6.03. The van der Waals surface area contributed by atoms with E-state index in [0.29, 0.717) is 24.0 Å². The van der Waals surface area contributed by atoms with Crippen LogP contribution in [-0.4, -0.2) is 69.0 Å². The van der Waals surface area contributed by atoms with Crippen molar-refractivity contribution >= 4 is 22.6 Å². The average Bonchev–Trinajstić information content (AvgIpc) is 3.24. The van der Waals surface area contributed by atoms with Gasteiger partial charge in [0.2, 0.25) is 0 Å². The zero-order valence-corrected chi connectivity index (χ0v) is 19.5. The van der Waals surface area contributed by atoms with Crippen LogP contribution in [0.5, 0.6) is 5.75 Å². The second-order valence-corrected chi connectivity index (χ2v) is 9.95. The Morgan fingerprint density at radius 2 is 2.20 bits per heavy atom. The standard InChI is InChI=1S/C20H31N5O3S2/c1-4-30(26)12-9-21-19(17-6-5-16(29-3)13-18(17)27-2)20-22-23-24-25(20)14-15-7-10-28-11-8-15/h5-6,13,15,19,21H,4,7-12,14H2,1-3H3. The van der Waals surface area contributed by atoms with Gasteiger partial charge in [-0.25, -0.2) is 4.68 Å². The van der Waals surface area contributed by atoms with Gasteiger partial charge in [-0.3, -0.25) is 4.21 Å². The summed E-state index contributed by atoms with van der Waals surface area (Å²) in [4.78, 5) is 1.13. The predicted molar refractivity (Wildman–Crippen MR) is 120 cm³/mol. The summed E-state index contributed by atoms with van der Waals surface area (Å²) in [5.41, 5.74) is 0.973. The molecule has 2 aromatic rings. The second-order valence-electron chi connectivity index (χ2n) is 7.20. The van der Waals surface area contributed by atoms with E-state index >= 15 is 0 Å². The van der Waals surface area contributed by atoms with Crippen LogP contribution in [0.15, 0.2) is 23.1 Å². The Labute approximate surface area is 184 Å². The lowest BCUT2D eigenvalue weighted by molar-refractivity contribution is 0.0595. The fourth-order valence-corrected chi connectivity index (χ4v) is 4.64. The normalized spacial score (nSPS) is 17.0. The molecule has 0 amide bonds. The Morgan fingerprint density at radius 1 is 1.40 bits per heavy atom. The van der Waals surface area contributed by atoms with Gasteiger partial charge in [0.25, 0.3) is 0 Å². The summed E-state index contributed by atoms with van der Waals surface area (Å²) >= 11 is 1.67. The Morgan fingerprint density at radius 3 is 2.90 bits per heavy atom. The van der Waals surface area contributed by atoms with E-state index in [4.69, 9.17) is 9.47 Å². The molecule has 2 heterocycles. The van der Waals surface area contributed by atoms with E-state index in [1.807, 2.05) is 23.9 Å². The molecule has 3 rings (SSSR count). The van der Waals surface area contributed by atoms with Crippen molar-refractivity contribution in [3.05, 3.63) is 29.6 Å². The van der Waals surface area contributed by atoms with E-state index in [0.717, 1.165) is 54.6 Å². The third-order valence-corrected chi connectivity index (χ3v) is 7.37. The maximum absolute atomic E-state index is 11.9. The number of ether oxygens (including phenoxy) is 2. The quantitative estimate of drug-likeness (QED) is 0.518. The van der Waals surface area contributed by atoms with Crippen molar-refractivity contribution in [2.75, 3.05) is 44.6 Å². The van der Waals surface area contributed by atoms with Crippen molar-refractivity contribution in [2.24, 2.45) is 5.92 Å². The van der Waals surface area contributed by atoms with Crippen molar-refractivity contribution in [1.29, 1.82) is 0 Å². The summed E-state index contributed by atoms with van der Waals surface area (Å²) in [6.07, 6.45) is 4.07. The topological polar surface area (TPSA) is 91.2 Å². The van der Waals surface area contributed by atoms with E-state index in [1.165, 1.54) is 0 Å². The molecule has 0 bridgehead atoms. The number of hydrogen-bond acceptors (Lipinski definition) is 8. The maximum atomic E-state index is 11.9. The minimum absolute atomic E-state index is 0.250. The molecule has 10 heteroatoms. The molecule has 30 heavy (non-hydrogen) atoms. The SMILES string of the molecule is CCS(=O)CCNC(c1ccc(SC)cc1OC)c1nnnn1CC1CCOCC1. The van der Waals surface area contributed by atoms with Gasteiger partial charge in [0.05, 0.1) is 13.2 Å². The van der Waals surface area contributed by atoms with Crippen LogP contribution < -0.4 is 10.1 Å². The molecule has 1 aromatic heterocycles. The van der Waals surface area contributed by atoms with E-state index in [-0.39, 0.29) is 6.04 Å². The molecule has 1 saturated heterocycles. The first-order valence-corrected chi connectivity index (χ1v) is 13.0. The number of benzene rings is 1.